The Hall–Kier alpha value is -2.21. The van der Waals surface area contributed by atoms with Gasteiger partial charge >= 0.3 is 5.97 Å². The normalized spacial score (nSPS) is 19.2. The predicted molar refractivity (Wildman–Crippen MR) is 111 cm³/mol. The molecule has 0 saturated carbocycles. The van der Waals surface area contributed by atoms with Gasteiger partial charge in [0.2, 0.25) is 0 Å². The van der Waals surface area contributed by atoms with Crippen molar-refractivity contribution in [3.63, 3.8) is 0 Å². The number of carbonyl (C=O) groups excluding carboxylic acids is 2. The molecule has 0 amide bonds. The van der Waals surface area contributed by atoms with Crippen molar-refractivity contribution in [2.24, 2.45) is 0 Å². The summed E-state index contributed by atoms with van der Waals surface area (Å²) < 4.78 is 11.1. The molecule has 0 fully saturated rings. The number of esters is 1. The number of thioether (sulfide) groups is 1. The first-order valence-corrected chi connectivity index (χ1v) is 10.9. The van der Waals surface area contributed by atoms with Crippen LogP contribution in [0.2, 0.25) is 0 Å². The fourth-order valence-corrected chi connectivity index (χ4v) is 4.38. The summed E-state index contributed by atoms with van der Waals surface area (Å²) in [6.07, 6.45) is 2.13. The van der Waals surface area contributed by atoms with E-state index in [0.717, 1.165) is 41.3 Å². The van der Waals surface area contributed by atoms with Crippen LogP contribution >= 0.6 is 11.8 Å². The fourth-order valence-electron chi connectivity index (χ4n) is 3.89. The summed E-state index contributed by atoms with van der Waals surface area (Å²) in [6.45, 7) is 4.31. The Kier molecular flexibility index (Phi) is 6.83. The molecule has 3 rings (SSSR count). The maximum absolute atomic E-state index is 13.0. The molecule has 0 saturated heterocycles. The average molecular weight is 402 g/mol. The van der Waals surface area contributed by atoms with Crippen LogP contribution in [0.5, 0.6) is 5.75 Å². The Morgan fingerprint density at radius 3 is 2.82 bits per heavy atom. The summed E-state index contributed by atoms with van der Waals surface area (Å²) in [7, 11) is 1.61. The van der Waals surface area contributed by atoms with Gasteiger partial charge in [-0.1, -0.05) is 25.1 Å². The number of rotatable bonds is 7. The molecule has 0 unspecified atom stereocenters. The number of nitrogens with one attached hydrogen (secondary N) is 1. The van der Waals surface area contributed by atoms with Crippen LogP contribution < -0.4 is 10.1 Å². The van der Waals surface area contributed by atoms with Gasteiger partial charge in [-0.3, -0.25) is 4.79 Å². The molecule has 0 spiro atoms. The Balaban J connectivity index is 2.03. The van der Waals surface area contributed by atoms with Gasteiger partial charge < -0.3 is 14.8 Å². The molecule has 0 aromatic heterocycles. The first-order chi connectivity index (χ1) is 13.6. The largest absolute Gasteiger partial charge is 0.496 e. The van der Waals surface area contributed by atoms with Crippen molar-refractivity contribution in [2.75, 3.05) is 25.2 Å². The first-order valence-electron chi connectivity index (χ1n) is 9.70. The number of allylic oxidation sites excluding steroid dienone is 3. The van der Waals surface area contributed by atoms with E-state index in [-0.39, 0.29) is 11.8 Å². The van der Waals surface area contributed by atoms with Crippen molar-refractivity contribution in [1.82, 2.24) is 5.32 Å². The van der Waals surface area contributed by atoms with Crippen molar-refractivity contribution in [1.29, 1.82) is 0 Å². The van der Waals surface area contributed by atoms with Crippen LogP contribution in [0.1, 0.15) is 44.6 Å². The molecule has 0 radical (unpaired) electrons. The van der Waals surface area contributed by atoms with Crippen LogP contribution in [0, 0.1) is 0 Å². The lowest BCUT2D eigenvalue weighted by molar-refractivity contribution is -0.138. The van der Waals surface area contributed by atoms with E-state index in [2.05, 4.69) is 12.2 Å². The highest BCUT2D eigenvalue weighted by molar-refractivity contribution is 7.99. The van der Waals surface area contributed by atoms with Crippen molar-refractivity contribution >= 4 is 23.5 Å². The highest BCUT2D eigenvalue weighted by atomic mass is 32.2. The topological polar surface area (TPSA) is 64.6 Å². The van der Waals surface area contributed by atoms with E-state index in [1.807, 2.05) is 31.2 Å². The van der Waals surface area contributed by atoms with Gasteiger partial charge in [0.15, 0.2) is 5.78 Å². The minimum absolute atomic E-state index is 0.0870. The number of methoxy groups -OCH3 is 1. The summed E-state index contributed by atoms with van der Waals surface area (Å²) in [4.78, 5) is 25.9. The molecule has 1 aliphatic carbocycles. The van der Waals surface area contributed by atoms with Gasteiger partial charge in [-0.2, -0.15) is 11.8 Å². The second kappa shape index (κ2) is 9.32. The third kappa shape index (κ3) is 4.12. The maximum Gasteiger partial charge on any atom is 0.336 e. The molecule has 1 atom stereocenters. The number of hydrogen-bond donors (Lipinski definition) is 1. The van der Waals surface area contributed by atoms with Gasteiger partial charge in [0.05, 0.1) is 18.6 Å². The molecule has 6 heteroatoms. The van der Waals surface area contributed by atoms with Crippen molar-refractivity contribution in [2.45, 2.75) is 39.0 Å². The highest BCUT2D eigenvalue weighted by Crippen LogP contribution is 2.45. The van der Waals surface area contributed by atoms with E-state index in [0.29, 0.717) is 29.9 Å². The smallest absolute Gasteiger partial charge is 0.336 e. The molecular weight excluding hydrogens is 374 g/mol. The zero-order valence-electron chi connectivity index (χ0n) is 16.7. The molecule has 1 aromatic carbocycles. The molecule has 0 bridgehead atoms. The molecular formula is C22H27NO4S. The summed E-state index contributed by atoms with van der Waals surface area (Å²) in [5.74, 6) is 1.65. The van der Waals surface area contributed by atoms with Crippen LogP contribution in [0.25, 0.3) is 0 Å². The van der Waals surface area contributed by atoms with Crippen LogP contribution in [0.4, 0.5) is 0 Å². The van der Waals surface area contributed by atoms with Crippen LogP contribution in [-0.4, -0.2) is 37.0 Å². The number of ether oxygens (including phenoxy) is 2. The third-order valence-corrected chi connectivity index (χ3v) is 5.97. The van der Waals surface area contributed by atoms with E-state index in [9.17, 15) is 9.59 Å². The highest BCUT2D eigenvalue weighted by Gasteiger charge is 2.40. The lowest BCUT2D eigenvalue weighted by Crippen LogP contribution is -2.34. The minimum Gasteiger partial charge on any atom is -0.496 e. The van der Waals surface area contributed by atoms with Crippen molar-refractivity contribution < 1.29 is 19.1 Å². The number of Topliss-reactive ketones (excluding diaryl/α,β-unsaturated/α-hetero) is 1. The summed E-state index contributed by atoms with van der Waals surface area (Å²) >= 11 is 1.73. The van der Waals surface area contributed by atoms with Gasteiger partial charge in [0.1, 0.15) is 12.4 Å². The van der Waals surface area contributed by atoms with Gasteiger partial charge in [0, 0.05) is 34.7 Å². The number of ketones is 1. The van der Waals surface area contributed by atoms with E-state index in [1.165, 1.54) is 0 Å². The predicted octanol–water partition coefficient (Wildman–Crippen LogP) is 3.96. The average Bonchev–Trinajstić information content (AvgIpc) is 2.70. The monoisotopic (exact) mass is 401 g/mol. The molecule has 2 aliphatic rings. The number of dihydropyridines is 1. The van der Waals surface area contributed by atoms with Gasteiger partial charge in [-0.25, -0.2) is 4.79 Å². The van der Waals surface area contributed by atoms with Gasteiger partial charge in [0.25, 0.3) is 0 Å². The van der Waals surface area contributed by atoms with Gasteiger partial charge in [-0.05, 0) is 31.6 Å². The Bertz CT molecular complexity index is 828. The first kappa shape index (κ1) is 20.5. The SMILES string of the molecule is CCSCCOC(=O)C1=C(C)NC2=C(C(=O)CCC2)[C@@H]1c1ccccc1OC. The summed E-state index contributed by atoms with van der Waals surface area (Å²) in [5.41, 5.74) is 3.67. The molecule has 5 nitrogen and oxygen atoms in total. The van der Waals surface area contributed by atoms with Crippen LogP contribution in [-0.2, 0) is 14.3 Å². The standard InChI is InChI=1S/C22H27NO4S/c1-4-28-13-12-27-22(25)19-14(2)23-16-9-7-10-17(24)21(16)20(19)15-8-5-6-11-18(15)26-3/h5-6,8,11,20,23H,4,7,9-10,12-13H2,1-3H3/t20-/m1/s1. The Labute approximate surface area is 170 Å². The third-order valence-electron chi connectivity index (χ3n) is 5.11. The summed E-state index contributed by atoms with van der Waals surface area (Å²) in [5, 5.41) is 3.31. The molecule has 1 aliphatic heterocycles. The van der Waals surface area contributed by atoms with Crippen LogP contribution in [0.3, 0.4) is 0 Å². The second-order valence-corrected chi connectivity index (χ2v) is 8.23. The zero-order valence-corrected chi connectivity index (χ0v) is 17.5. The summed E-state index contributed by atoms with van der Waals surface area (Å²) in [6, 6.07) is 7.58. The van der Waals surface area contributed by atoms with Crippen molar-refractivity contribution in [3.05, 3.63) is 52.4 Å². The molecule has 150 valence electrons. The number of hydrogen-bond acceptors (Lipinski definition) is 6. The Morgan fingerprint density at radius 1 is 1.29 bits per heavy atom. The molecule has 1 N–H and O–H groups in total. The molecule has 1 aromatic rings. The van der Waals surface area contributed by atoms with Crippen LogP contribution in [0.15, 0.2) is 46.8 Å². The van der Waals surface area contributed by atoms with E-state index in [1.54, 1.807) is 18.9 Å². The molecule has 28 heavy (non-hydrogen) atoms. The van der Waals surface area contributed by atoms with Crippen molar-refractivity contribution in [3.8, 4) is 5.75 Å². The van der Waals surface area contributed by atoms with E-state index < -0.39 is 5.92 Å². The lowest BCUT2D eigenvalue weighted by Gasteiger charge is -2.34. The molecule has 1 heterocycles. The number of para-hydroxylation sites is 1. The number of benzene rings is 1. The fraction of sp³-hybridized carbons (Fsp3) is 0.455. The number of carbonyl (C=O) groups is 2. The lowest BCUT2D eigenvalue weighted by atomic mass is 9.75. The minimum atomic E-state index is -0.466. The maximum atomic E-state index is 13.0. The van der Waals surface area contributed by atoms with E-state index >= 15 is 0 Å². The van der Waals surface area contributed by atoms with E-state index in [4.69, 9.17) is 9.47 Å². The Morgan fingerprint density at radius 2 is 2.07 bits per heavy atom. The zero-order chi connectivity index (χ0) is 20.1. The second-order valence-electron chi connectivity index (χ2n) is 6.84. The van der Waals surface area contributed by atoms with Gasteiger partial charge in [-0.15, -0.1) is 0 Å². The quantitative estimate of drug-likeness (QED) is 0.551.